The molecule has 1 amide bonds. The smallest absolute Gasteiger partial charge is 0.266 e. The summed E-state index contributed by atoms with van der Waals surface area (Å²) in [4.78, 5) is 12.7. The van der Waals surface area contributed by atoms with Gasteiger partial charge in [-0.3, -0.25) is 4.79 Å². The maximum absolute atomic E-state index is 12.7. The first-order chi connectivity index (χ1) is 15.0. The molecule has 4 rings (SSSR count). The van der Waals surface area contributed by atoms with Gasteiger partial charge in [-0.2, -0.15) is 5.26 Å². The molecule has 3 aromatic carbocycles. The number of hydrogen-bond donors (Lipinski definition) is 1. The van der Waals surface area contributed by atoms with Gasteiger partial charge in [0.2, 0.25) is 0 Å². The summed E-state index contributed by atoms with van der Waals surface area (Å²) in [5.41, 5.74) is 3.55. The van der Waals surface area contributed by atoms with Crippen molar-refractivity contribution in [1.29, 1.82) is 5.26 Å². The zero-order valence-corrected chi connectivity index (χ0v) is 18.7. The molecule has 6 heteroatoms. The van der Waals surface area contributed by atoms with E-state index in [0.717, 1.165) is 26.5 Å². The highest BCUT2D eigenvalue weighted by atomic mass is 79.9. The third-order valence-electron chi connectivity index (χ3n) is 4.83. The third-order valence-corrected chi connectivity index (χ3v) is 5.60. The lowest BCUT2D eigenvalue weighted by molar-refractivity contribution is -0.112. The first-order valence-corrected chi connectivity index (χ1v) is 10.7. The van der Waals surface area contributed by atoms with E-state index in [0.29, 0.717) is 17.3 Å². The minimum atomic E-state index is -0.477. The Hall–Kier alpha value is -3.33. The SMILES string of the molecule is N#C/C(=C\c1cn(Cc2ccc(Br)cc2)c2ccccc12)C(=O)Nc1cccc(Cl)c1. The Bertz CT molecular complexity index is 1330. The molecular formula is C25H17BrClN3O. The van der Waals surface area contributed by atoms with E-state index >= 15 is 0 Å². The fraction of sp³-hybridized carbons (Fsp3) is 0.0400. The molecule has 0 aliphatic rings. The lowest BCUT2D eigenvalue weighted by Crippen LogP contribution is -2.13. The number of nitrogens with zero attached hydrogens (tertiary/aromatic N) is 2. The number of fused-ring (bicyclic) bond motifs is 1. The molecule has 0 aliphatic carbocycles. The van der Waals surface area contributed by atoms with Crippen LogP contribution in [0.15, 0.2) is 89.0 Å². The van der Waals surface area contributed by atoms with Gasteiger partial charge in [-0.1, -0.05) is 63.9 Å². The molecule has 0 bridgehead atoms. The summed E-state index contributed by atoms with van der Waals surface area (Å²) in [5.74, 6) is -0.477. The highest BCUT2D eigenvalue weighted by Crippen LogP contribution is 2.25. The number of carbonyl (C=O) groups excluding carboxylic acids is 1. The normalized spacial score (nSPS) is 11.3. The summed E-state index contributed by atoms with van der Waals surface area (Å²) in [6, 6.07) is 24.9. The molecule has 31 heavy (non-hydrogen) atoms. The number of nitrogens with one attached hydrogen (secondary N) is 1. The van der Waals surface area contributed by atoms with E-state index in [-0.39, 0.29) is 5.57 Å². The van der Waals surface area contributed by atoms with Crippen LogP contribution in [0, 0.1) is 11.3 Å². The average molecular weight is 491 g/mol. The summed E-state index contributed by atoms with van der Waals surface area (Å²) in [5, 5.41) is 13.8. The van der Waals surface area contributed by atoms with Crippen LogP contribution in [0.25, 0.3) is 17.0 Å². The van der Waals surface area contributed by atoms with E-state index in [4.69, 9.17) is 11.6 Å². The van der Waals surface area contributed by atoms with Crippen LogP contribution in [0.3, 0.4) is 0 Å². The second-order valence-electron chi connectivity index (χ2n) is 6.99. The Morgan fingerprint density at radius 2 is 1.87 bits per heavy atom. The topological polar surface area (TPSA) is 57.8 Å². The Balaban J connectivity index is 1.67. The van der Waals surface area contributed by atoms with Gasteiger partial charge in [0.25, 0.3) is 5.91 Å². The van der Waals surface area contributed by atoms with Crippen LogP contribution in [0.5, 0.6) is 0 Å². The number of aromatic nitrogens is 1. The van der Waals surface area contributed by atoms with Gasteiger partial charge in [-0.25, -0.2) is 0 Å². The minimum Gasteiger partial charge on any atom is -0.342 e. The van der Waals surface area contributed by atoms with Gasteiger partial charge < -0.3 is 9.88 Å². The lowest BCUT2D eigenvalue weighted by Gasteiger charge is -2.05. The standard InChI is InChI=1S/C25H17BrClN3O/c26-20-10-8-17(9-11-20)15-30-16-19(23-6-1-2-7-24(23)30)12-18(14-28)25(31)29-22-5-3-4-21(27)13-22/h1-13,16H,15H2,(H,29,31)/b18-12+. The van der Waals surface area contributed by atoms with Gasteiger partial charge in [-0.15, -0.1) is 0 Å². The molecule has 0 radical (unpaired) electrons. The van der Waals surface area contributed by atoms with E-state index in [1.807, 2.05) is 48.7 Å². The number of carbonyl (C=O) groups is 1. The molecule has 0 atom stereocenters. The fourth-order valence-electron chi connectivity index (χ4n) is 3.38. The van der Waals surface area contributed by atoms with Gasteiger partial charge >= 0.3 is 0 Å². The molecule has 0 saturated carbocycles. The van der Waals surface area contributed by atoms with Crippen molar-refractivity contribution in [2.24, 2.45) is 0 Å². The maximum Gasteiger partial charge on any atom is 0.266 e. The lowest BCUT2D eigenvalue weighted by atomic mass is 10.1. The van der Waals surface area contributed by atoms with E-state index in [2.05, 4.69) is 37.9 Å². The maximum atomic E-state index is 12.7. The number of rotatable bonds is 5. The molecule has 1 aromatic heterocycles. The van der Waals surface area contributed by atoms with Crippen molar-refractivity contribution in [2.45, 2.75) is 6.54 Å². The monoisotopic (exact) mass is 489 g/mol. The molecule has 1 heterocycles. The molecule has 0 fully saturated rings. The summed E-state index contributed by atoms with van der Waals surface area (Å²) in [6.07, 6.45) is 3.59. The number of nitriles is 1. The quantitative estimate of drug-likeness (QED) is 0.251. The summed E-state index contributed by atoms with van der Waals surface area (Å²) in [6.45, 7) is 0.679. The van der Waals surface area contributed by atoms with E-state index in [9.17, 15) is 10.1 Å². The van der Waals surface area contributed by atoms with Crippen molar-refractivity contribution >= 4 is 56.1 Å². The van der Waals surface area contributed by atoms with E-state index in [1.54, 1.807) is 30.3 Å². The molecule has 0 spiro atoms. The van der Waals surface area contributed by atoms with Crippen LogP contribution in [0.1, 0.15) is 11.1 Å². The van der Waals surface area contributed by atoms with Crippen molar-refractivity contribution < 1.29 is 4.79 Å². The molecule has 1 N–H and O–H groups in total. The molecule has 152 valence electrons. The highest BCUT2D eigenvalue weighted by Gasteiger charge is 2.13. The second kappa shape index (κ2) is 9.22. The van der Waals surface area contributed by atoms with Crippen LogP contribution in [-0.4, -0.2) is 10.5 Å². The van der Waals surface area contributed by atoms with Gasteiger partial charge in [0.15, 0.2) is 0 Å². The first kappa shape index (κ1) is 20.9. The Kier molecular flexibility index (Phi) is 6.22. The molecule has 0 aliphatic heterocycles. The summed E-state index contributed by atoms with van der Waals surface area (Å²) >= 11 is 9.44. The fourth-order valence-corrected chi connectivity index (χ4v) is 3.83. The third kappa shape index (κ3) is 4.88. The van der Waals surface area contributed by atoms with Crippen molar-refractivity contribution in [2.75, 3.05) is 5.32 Å². The zero-order chi connectivity index (χ0) is 21.8. The summed E-state index contributed by atoms with van der Waals surface area (Å²) in [7, 11) is 0. The largest absolute Gasteiger partial charge is 0.342 e. The van der Waals surface area contributed by atoms with Crippen LogP contribution in [0.2, 0.25) is 5.02 Å². The number of hydrogen-bond acceptors (Lipinski definition) is 2. The summed E-state index contributed by atoms with van der Waals surface area (Å²) < 4.78 is 3.15. The highest BCUT2D eigenvalue weighted by molar-refractivity contribution is 9.10. The minimum absolute atomic E-state index is 0.0199. The number of benzene rings is 3. The molecule has 0 unspecified atom stereocenters. The zero-order valence-electron chi connectivity index (χ0n) is 16.3. The number of para-hydroxylation sites is 1. The molecular weight excluding hydrogens is 474 g/mol. The molecule has 0 saturated heterocycles. The van der Waals surface area contributed by atoms with Gasteiger partial charge in [0, 0.05) is 44.4 Å². The van der Waals surface area contributed by atoms with Gasteiger partial charge in [0.05, 0.1) is 0 Å². The van der Waals surface area contributed by atoms with Crippen LogP contribution >= 0.6 is 27.5 Å². The van der Waals surface area contributed by atoms with Crippen LogP contribution < -0.4 is 5.32 Å². The first-order valence-electron chi connectivity index (χ1n) is 9.54. The van der Waals surface area contributed by atoms with Crippen molar-refractivity contribution in [3.63, 3.8) is 0 Å². The van der Waals surface area contributed by atoms with E-state index in [1.165, 1.54) is 0 Å². The number of anilines is 1. The van der Waals surface area contributed by atoms with Crippen molar-refractivity contribution in [3.05, 3.63) is 105 Å². The van der Waals surface area contributed by atoms with Crippen molar-refractivity contribution in [3.8, 4) is 6.07 Å². The Morgan fingerprint density at radius 1 is 1.10 bits per heavy atom. The molecule has 4 aromatic rings. The second-order valence-corrected chi connectivity index (χ2v) is 8.34. The number of amides is 1. The Labute approximate surface area is 193 Å². The number of halogens is 2. The van der Waals surface area contributed by atoms with E-state index < -0.39 is 5.91 Å². The van der Waals surface area contributed by atoms with Crippen molar-refractivity contribution in [1.82, 2.24) is 4.57 Å². The predicted octanol–water partition coefficient (Wildman–Crippen LogP) is 6.65. The average Bonchev–Trinajstić information content (AvgIpc) is 3.11. The van der Waals surface area contributed by atoms with Crippen LogP contribution in [-0.2, 0) is 11.3 Å². The Morgan fingerprint density at radius 3 is 2.61 bits per heavy atom. The van der Waals surface area contributed by atoms with Gasteiger partial charge in [0.1, 0.15) is 11.6 Å². The van der Waals surface area contributed by atoms with Gasteiger partial charge in [-0.05, 0) is 48.0 Å². The predicted molar refractivity (Wildman–Crippen MR) is 129 cm³/mol. The van der Waals surface area contributed by atoms with Crippen LogP contribution in [0.4, 0.5) is 5.69 Å². The molecule has 4 nitrogen and oxygen atoms in total.